The quantitative estimate of drug-likeness (QED) is 0.248. The van der Waals surface area contributed by atoms with Crippen LogP contribution >= 0.6 is 0 Å². The molecule has 43 heavy (non-hydrogen) atoms. The molecule has 1 heterocycles. The van der Waals surface area contributed by atoms with Crippen molar-refractivity contribution < 1.29 is 52.4 Å². The highest BCUT2D eigenvalue weighted by atomic mass is 16.7. The van der Waals surface area contributed by atoms with Gasteiger partial charge in [0.05, 0.1) is 13.2 Å². The summed E-state index contributed by atoms with van der Waals surface area (Å²) in [6, 6.07) is 0. The van der Waals surface area contributed by atoms with Gasteiger partial charge in [-0.1, -0.05) is 13.8 Å². The Balaban J connectivity index is 1.35. The predicted molar refractivity (Wildman–Crippen MR) is 149 cm³/mol. The number of hydrogen-bond donors (Lipinski definition) is 0. The number of carbonyl (C=O) groups is 5. The topological polar surface area (TPSA) is 141 Å². The highest BCUT2D eigenvalue weighted by Gasteiger charge is 2.61. The first kappa shape index (κ1) is 31.9. The predicted octanol–water partition coefficient (Wildman–Crippen LogP) is 3.68. The number of esters is 4. The molecule has 11 nitrogen and oxygen atoms in total. The van der Waals surface area contributed by atoms with Crippen molar-refractivity contribution >= 4 is 29.7 Å². The summed E-state index contributed by atoms with van der Waals surface area (Å²) in [6.45, 7) is 8.13. The molecule has 1 saturated heterocycles. The van der Waals surface area contributed by atoms with Gasteiger partial charge >= 0.3 is 23.9 Å². The maximum atomic E-state index is 12.8. The van der Waals surface area contributed by atoms with Crippen molar-refractivity contribution in [1.82, 2.24) is 0 Å². The fraction of sp³-hybridized carbons (Fsp3) is 0.844. The van der Waals surface area contributed by atoms with E-state index in [1.165, 1.54) is 21.0 Å². The first-order valence-electron chi connectivity index (χ1n) is 15.7. The first-order chi connectivity index (χ1) is 20.3. The lowest BCUT2D eigenvalue weighted by Gasteiger charge is -2.60. The van der Waals surface area contributed by atoms with E-state index in [9.17, 15) is 24.0 Å². The molecule has 5 rings (SSSR count). The minimum absolute atomic E-state index is 0.133. The van der Waals surface area contributed by atoms with Gasteiger partial charge in [0.15, 0.2) is 30.7 Å². The smallest absolute Gasteiger partial charge is 0.339 e. The van der Waals surface area contributed by atoms with Gasteiger partial charge in [0, 0.05) is 32.6 Å². The number of methoxy groups -OCH3 is 1. The minimum Gasteiger partial charge on any atom is -0.467 e. The second-order valence-corrected chi connectivity index (χ2v) is 13.8. The number of fused-ring (bicyclic) bond motifs is 5. The Morgan fingerprint density at radius 2 is 1.44 bits per heavy atom. The SMILES string of the molecule is COC(=O)[C@H]1O[C@@H](O[C@@H]2CC[C@@]3(C)[C@@H](CC[C@@H]4[C@@H]3CC[C@]3(C)C(=O)CC[C@@H]43)C2)[C@H](OC(C)=O)[C@@H](OC(C)=O)[C@@H]1OC(C)=O. The van der Waals surface area contributed by atoms with Crippen molar-refractivity contribution in [1.29, 1.82) is 0 Å². The molecule has 0 bridgehead atoms. The van der Waals surface area contributed by atoms with Crippen LogP contribution in [-0.2, 0) is 52.4 Å². The van der Waals surface area contributed by atoms with Gasteiger partial charge in [-0.15, -0.1) is 0 Å². The van der Waals surface area contributed by atoms with Crippen molar-refractivity contribution in [3.63, 3.8) is 0 Å². The minimum atomic E-state index is -1.47. The van der Waals surface area contributed by atoms with Crippen LogP contribution in [0.1, 0.15) is 92.4 Å². The van der Waals surface area contributed by atoms with E-state index in [1.54, 1.807) is 0 Å². The maximum Gasteiger partial charge on any atom is 0.339 e. The molecular formula is C32H46O11. The van der Waals surface area contributed by atoms with Crippen LogP contribution in [0.25, 0.3) is 0 Å². The van der Waals surface area contributed by atoms with Crippen LogP contribution in [0, 0.1) is 34.5 Å². The van der Waals surface area contributed by atoms with Crippen LogP contribution in [0.3, 0.4) is 0 Å². The standard InChI is InChI=1S/C32H46O11/c1-16(33)39-25-26(40-17(2)34)28(41-18(3)35)30(43-27(25)29(37)38-6)42-20-11-13-31(4)19(15-20)7-8-21-22-9-10-24(36)32(22,5)14-12-23(21)31/h19-23,25-28,30H,7-15H2,1-6H3/t19-,20+,21-,22-,23-,25-,26-,27-,28+,30+,31-,32-/m0/s1. The van der Waals surface area contributed by atoms with Crippen LogP contribution in [0.15, 0.2) is 0 Å². The molecule has 4 aliphatic carbocycles. The lowest BCUT2D eigenvalue weighted by molar-refractivity contribution is -0.315. The lowest BCUT2D eigenvalue weighted by Crippen LogP contribution is -2.64. The number of rotatable bonds is 6. The summed E-state index contributed by atoms with van der Waals surface area (Å²) in [5.41, 5.74) is -0.0267. The molecule has 240 valence electrons. The Labute approximate surface area is 253 Å². The monoisotopic (exact) mass is 606 g/mol. The third kappa shape index (κ3) is 5.83. The lowest BCUT2D eigenvalue weighted by atomic mass is 9.45. The third-order valence-electron chi connectivity index (χ3n) is 11.5. The largest absolute Gasteiger partial charge is 0.467 e. The van der Waals surface area contributed by atoms with Gasteiger partial charge < -0.3 is 28.4 Å². The molecule has 0 aromatic rings. The Morgan fingerprint density at radius 1 is 0.791 bits per heavy atom. The van der Waals surface area contributed by atoms with Crippen molar-refractivity contribution in [2.24, 2.45) is 34.5 Å². The van der Waals surface area contributed by atoms with E-state index in [0.717, 1.165) is 58.3 Å². The van der Waals surface area contributed by atoms with E-state index in [2.05, 4.69) is 13.8 Å². The fourth-order valence-corrected chi connectivity index (χ4v) is 9.49. The zero-order chi connectivity index (χ0) is 31.3. The normalized spacial score (nSPS) is 43.8. The zero-order valence-electron chi connectivity index (χ0n) is 26.1. The number of Topliss-reactive ketones (excluding diaryl/α,β-unsaturated/α-hetero) is 1. The average Bonchev–Trinajstić information content (AvgIpc) is 3.24. The van der Waals surface area contributed by atoms with E-state index in [0.29, 0.717) is 35.9 Å². The Bertz CT molecular complexity index is 1140. The number of hydrogen-bond acceptors (Lipinski definition) is 11. The number of ether oxygens (including phenoxy) is 6. The summed E-state index contributed by atoms with van der Waals surface area (Å²) in [5, 5.41) is 0. The van der Waals surface area contributed by atoms with E-state index < -0.39 is 54.6 Å². The van der Waals surface area contributed by atoms with E-state index in [4.69, 9.17) is 28.4 Å². The third-order valence-corrected chi connectivity index (χ3v) is 11.5. The summed E-state index contributed by atoms with van der Waals surface area (Å²) in [7, 11) is 1.17. The van der Waals surface area contributed by atoms with Gasteiger partial charge in [-0.05, 0) is 80.5 Å². The van der Waals surface area contributed by atoms with E-state index in [1.807, 2.05) is 0 Å². The highest BCUT2D eigenvalue weighted by Crippen LogP contribution is 2.65. The molecule has 5 fully saturated rings. The van der Waals surface area contributed by atoms with Gasteiger partial charge in [-0.2, -0.15) is 0 Å². The average molecular weight is 607 g/mol. The molecule has 0 N–H and O–H groups in total. The van der Waals surface area contributed by atoms with Gasteiger partial charge in [-0.3, -0.25) is 19.2 Å². The Hall–Kier alpha value is -2.53. The molecule has 0 unspecified atom stereocenters. The molecule has 0 radical (unpaired) electrons. The molecule has 0 spiro atoms. The summed E-state index contributed by atoms with van der Waals surface area (Å²) >= 11 is 0. The van der Waals surface area contributed by atoms with Gasteiger partial charge in [0.25, 0.3) is 0 Å². The van der Waals surface area contributed by atoms with Crippen LogP contribution in [0.5, 0.6) is 0 Å². The van der Waals surface area contributed by atoms with Gasteiger partial charge in [0.1, 0.15) is 5.78 Å². The van der Waals surface area contributed by atoms with Crippen LogP contribution in [0.2, 0.25) is 0 Å². The van der Waals surface area contributed by atoms with Crippen molar-refractivity contribution in [2.45, 2.75) is 129 Å². The Morgan fingerprint density at radius 3 is 2.09 bits per heavy atom. The molecule has 5 aliphatic rings. The van der Waals surface area contributed by atoms with Crippen molar-refractivity contribution in [2.75, 3.05) is 7.11 Å². The van der Waals surface area contributed by atoms with Crippen LogP contribution in [-0.4, -0.2) is 73.6 Å². The molecule has 1 aliphatic heterocycles. The first-order valence-corrected chi connectivity index (χ1v) is 15.7. The fourth-order valence-electron chi connectivity index (χ4n) is 9.49. The van der Waals surface area contributed by atoms with E-state index >= 15 is 0 Å². The summed E-state index contributed by atoms with van der Waals surface area (Å²) in [4.78, 5) is 61.8. The summed E-state index contributed by atoms with van der Waals surface area (Å²) < 4.78 is 33.8. The van der Waals surface area contributed by atoms with E-state index in [-0.39, 0.29) is 16.9 Å². The zero-order valence-corrected chi connectivity index (χ0v) is 26.1. The molecule has 0 amide bonds. The van der Waals surface area contributed by atoms with Crippen molar-refractivity contribution in [3.8, 4) is 0 Å². The number of carbonyl (C=O) groups excluding carboxylic acids is 5. The molecular weight excluding hydrogens is 560 g/mol. The highest BCUT2D eigenvalue weighted by molar-refractivity contribution is 5.87. The number of ketones is 1. The second-order valence-electron chi connectivity index (χ2n) is 13.8. The van der Waals surface area contributed by atoms with Crippen LogP contribution < -0.4 is 0 Å². The maximum absolute atomic E-state index is 12.8. The Kier molecular flexibility index (Phi) is 8.97. The molecule has 0 aromatic carbocycles. The second kappa shape index (κ2) is 12.1. The van der Waals surface area contributed by atoms with Crippen LogP contribution in [0.4, 0.5) is 0 Å². The van der Waals surface area contributed by atoms with Gasteiger partial charge in [-0.25, -0.2) is 4.79 Å². The summed E-state index contributed by atoms with van der Waals surface area (Å²) in [5.74, 6) is -0.523. The molecule has 12 atom stereocenters. The molecule has 0 aromatic heterocycles. The molecule has 4 saturated carbocycles. The summed E-state index contributed by atoms with van der Waals surface area (Å²) in [6.07, 6.45) is 1.30. The van der Waals surface area contributed by atoms with Crippen molar-refractivity contribution in [3.05, 3.63) is 0 Å². The van der Waals surface area contributed by atoms with Gasteiger partial charge in [0.2, 0.25) is 0 Å². The molecule has 11 heteroatoms.